The van der Waals surface area contributed by atoms with E-state index >= 15 is 0 Å². The van der Waals surface area contributed by atoms with Crippen LogP contribution in [-0.2, 0) is 15.6 Å². The first kappa shape index (κ1) is 12.0. The Labute approximate surface area is 92.7 Å². The van der Waals surface area contributed by atoms with Crippen LogP contribution in [0.5, 0.6) is 0 Å². The molecule has 0 bridgehead atoms. The van der Waals surface area contributed by atoms with Crippen molar-refractivity contribution in [1.82, 2.24) is 0 Å². The predicted molar refractivity (Wildman–Crippen MR) is 56.8 cm³/mol. The number of nitriles is 1. The lowest BCUT2D eigenvalue weighted by atomic mass is 10.0. The Kier molecular flexibility index (Phi) is 3.35. The maximum atomic E-state index is 11.1. The maximum Gasteiger partial charge on any atom is 0.262 e. The molecule has 4 nitrogen and oxygen atoms in total. The summed E-state index contributed by atoms with van der Waals surface area (Å²) in [6.07, 6.45) is 0. The van der Waals surface area contributed by atoms with E-state index in [9.17, 15) is 8.42 Å². The van der Waals surface area contributed by atoms with Crippen LogP contribution < -0.4 is 5.73 Å². The summed E-state index contributed by atoms with van der Waals surface area (Å²) in [5, 5.41) is 8.87. The van der Waals surface area contributed by atoms with Crippen LogP contribution in [0.2, 0.25) is 0 Å². The molecule has 1 rings (SSSR count). The van der Waals surface area contributed by atoms with Gasteiger partial charge in [-0.15, -0.1) is 0 Å². The Hall–Kier alpha value is -1.09. The molecule has 80 valence electrons. The quantitative estimate of drug-likeness (QED) is 0.794. The molecular formula is C9H9ClN2O2S. The van der Waals surface area contributed by atoms with Crippen molar-refractivity contribution in [3.05, 3.63) is 28.8 Å². The van der Waals surface area contributed by atoms with Crippen molar-refractivity contribution in [1.29, 1.82) is 5.26 Å². The van der Waals surface area contributed by atoms with Gasteiger partial charge in [0.15, 0.2) is 0 Å². The molecule has 0 radical (unpaired) electrons. The van der Waals surface area contributed by atoms with Gasteiger partial charge in [0.1, 0.15) is 11.0 Å². The second kappa shape index (κ2) is 4.19. The van der Waals surface area contributed by atoms with E-state index < -0.39 is 9.05 Å². The molecule has 1 aromatic carbocycles. The summed E-state index contributed by atoms with van der Waals surface area (Å²) in [5.74, 6) is 0. The first-order valence-corrected chi connectivity index (χ1v) is 6.40. The van der Waals surface area contributed by atoms with Crippen LogP contribution in [0.3, 0.4) is 0 Å². The molecule has 0 spiro atoms. The van der Waals surface area contributed by atoms with Crippen molar-refractivity contribution in [3.8, 4) is 6.07 Å². The number of hydrogen-bond donors (Lipinski definition) is 1. The van der Waals surface area contributed by atoms with Crippen LogP contribution in [0.15, 0.2) is 17.0 Å². The van der Waals surface area contributed by atoms with Gasteiger partial charge in [0.25, 0.3) is 9.05 Å². The predicted octanol–water partition coefficient (Wildman–Crippen LogP) is 1.25. The first-order chi connectivity index (χ1) is 6.91. The van der Waals surface area contributed by atoms with Crippen molar-refractivity contribution >= 4 is 19.7 Å². The second-order valence-electron chi connectivity index (χ2n) is 2.98. The minimum Gasteiger partial charge on any atom is -0.326 e. The lowest BCUT2D eigenvalue weighted by Crippen LogP contribution is -2.04. The van der Waals surface area contributed by atoms with E-state index in [1.54, 1.807) is 13.0 Å². The van der Waals surface area contributed by atoms with E-state index in [1.165, 1.54) is 6.07 Å². The van der Waals surface area contributed by atoms with Crippen LogP contribution in [-0.4, -0.2) is 8.42 Å². The molecule has 0 fully saturated rings. The molecule has 0 aromatic heterocycles. The smallest absolute Gasteiger partial charge is 0.262 e. The highest BCUT2D eigenvalue weighted by molar-refractivity contribution is 8.13. The summed E-state index contributed by atoms with van der Waals surface area (Å²) >= 11 is 0. The highest BCUT2D eigenvalue weighted by Gasteiger charge is 2.18. The van der Waals surface area contributed by atoms with E-state index in [2.05, 4.69) is 0 Å². The van der Waals surface area contributed by atoms with Gasteiger partial charge in [0.2, 0.25) is 0 Å². The zero-order valence-electron chi connectivity index (χ0n) is 7.99. The molecule has 0 unspecified atom stereocenters. The number of nitrogens with two attached hydrogens (primary N) is 1. The molecule has 6 heteroatoms. The number of nitrogens with zero attached hydrogens (tertiary/aromatic N) is 1. The summed E-state index contributed by atoms with van der Waals surface area (Å²) in [7, 11) is 1.32. The summed E-state index contributed by atoms with van der Waals surface area (Å²) in [5.41, 5.74) is 6.79. The third-order valence-corrected chi connectivity index (χ3v) is 3.50. The largest absolute Gasteiger partial charge is 0.326 e. The van der Waals surface area contributed by atoms with Gasteiger partial charge in [0.05, 0.1) is 5.56 Å². The Balaban J connectivity index is 3.61. The summed E-state index contributed by atoms with van der Waals surface area (Å²) < 4.78 is 22.3. The fraction of sp³-hybridized carbons (Fsp3) is 0.222. The lowest BCUT2D eigenvalue weighted by Gasteiger charge is -2.07. The molecule has 0 saturated heterocycles. The highest BCUT2D eigenvalue weighted by atomic mass is 35.7. The number of rotatable bonds is 2. The van der Waals surface area contributed by atoms with Gasteiger partial charge in [-0.3, -0.25) is 0 Å². The highest BCUT2D eigenvalue weighted by Crippen LogP contribution is 2.24. The molecule has 15 heavy (non-hydrogen) atoms. The normalized spacial score (nSPS) is 11.1. The van der Waals surface area contributed by atoms with Crippen LogP contribution in [0.1, 0.15) is 16.7 Å². The lowest BCUT2D eigenvalue weighted by molar-refractivity contribution is 0.609. The molecular weight excluding hydrogens is 236 g/mol. The van der Waals surface area contributed by atoms with E-state index in [0.717, 1.165) is 5.56 Å². The SMILES string of the molecule is Cc1c(CN)ccc(S(=O)(=O)Cl)c1C#N. The Bertz CT molecular complexity index is 532. The zero-order valence-corrected chi connectivity index (χ0v) is 9.56. The fourth-order valence-corrected chi connectivity index (χ4v) is 2.35. The molecule has 0 amide bonds. The first-order valence-electron chi connectivity index (χ1n) is 4.09. The van der Waals surface area contributed by atoms with Crippen molar-refractivity contribution in [2.45, 2.75) is 18.4 Å². The molecule has 0 saturated carbocycles. The van der Waals surface area contributed by atoms with Gasteiger partial charge in [0, 0.05) is 17.2 Å². The molecule has 2 N–H and O–H groups in total. The Morgan fingerprint density at radius 1 is 1.53 bits per heavy atom. The van der Waals surface area contributed by atoms with Gasteiger partial charge < -0.3 is 5.73 Å². The molecule has 0 aliphatic carbocycles. The fourth-order valence-electron chi connectivity index (χ4n) is 1.29. The summed E-state index contributed by atoms with van der Waals surface area (Å²) in [6.45, 7) is 1.90. The van der Waals surface area contributed by atoms with E-state index in [0.29, 0.717) is 5.56 Å². The van der Waals surface area contributed by atoms with Gasteiger partial charge >= 0.3 is 0 Å². The average molecular weight is 245 g/mol. The third kappa shape index (κ3) is 2.29. The standard InChI is InChI=1S/C9H9ClN2O2S/c1-6-7(4-11)2-3-9(8(6)5-12)15(10,13)14/h2-3H,4,11H2,1H3. The molecule has 0 aliphatic rings. The van der Waals surface area contributed by atoms with Gasteiger partial charge in [-0.2, -0.15) is 5.26 Å². The minimum absolute atomic E-state index is 0.0629. The number of halogens is 1. The van der Waals surface area contributed by atoms with Crippen LogP contribution in [0, 0.1) is 18.3 Å². The number of benzene rings is 1. The van der Waals surface area contributed by atoms with Crippen molar-refractivity contribution in [2.24, 2.45) is 5.73 Å². The van der Waals surface area contributed by atoms with Crippen LogP contribution in [0.25, 0.3) is 0 Å². The average Bonchev–Trinajstić information content (AvgIpc) is 2.15. The monoisotopic (exact) mass is 244 g/mol. The van der Waals surface area contributed by atoms with E-state index in [1.807, 2.05) is 6.07 Å². The van der Waals surface area contributed by atoms with Crippen molar-refractivity contribution in [2.75, 3.05) is 0 Å². The molecule has 0 heterocycles. The minimum atomic E-state index is -3.88. The van der Waals surface area contributed by atoms with E-state index in [-0.39, 0.29) is 17.0 Å². The Morgan fingerprint density at radius 3 is 2.53 bits per heavy atom. The van der Waals surface area contributed by atoms with Gasteiger partial charge in [-0.25, -0.2) is 8.42 Å². The Morgan fingerprint density at radius 2 is 2.13 bits per heavy atom. The molecule has 0 atom stereocenters. The molecule has 0 aliphatic heterocycles. The maximum absolute atomic E-state index is 11.1. The number of hydrogen-bond acceptors (Lipinski definition) is 4. The molecule has 1 aromatic rings. The van der Waals surface area contributed by atoms with Crippen LogP contribution in [0.4, 0.5) is 0 Å². The summed E-state index contributed by atoms with van der Waals surface area (Å²) in [6, 6.07) is 4.69. The zero-order chi connectivity index (χ0) is 11.6. The van der Waals surface area contributed by atoms with Crippen molar-refractivity contribution < 1.29 is 8.42 Å². The van der Waals surface area contributed by atoms with Gasteiger partial charge in [-0.05, 0) is 24.1 Å². The van der Waals surface area contributed by atoms with Gasteiger partial charge in [-0.1, -0.05) is 6.07 Å². The summed E-state index contributed by atoms with van der Waals surface area (Å²) in [4.78, 5) is -0.165. The third-order valence-electron chi connectivity index (χ3n) is 2.13. The van der Waals surface area contributed by atoms with Crippen LogP contribution >= 0.6 is 10.7 Å². The topological polar surface area (TPSA) is 84.0 Å². The van der Waals surface area contributed by atoms with Crippen molar-refractivity contribution in [3.63, 3.8) is 0 Å². The van der Waals surface area contributed by atoms with E-state index in [4.69, 9.17) is 21.7 Å². The second-order valence-corrected chi connectivity index (χ2v) is 5.51.